The summed E-state index contributed by atoms with van der Waals surface area (Å²) < 4.78 is 37.2. The van der Waals surface area contributed by atoms with Gasteiger partial charge in [0.05, 0.1) is 5.41 Å². The Balaban J connectivity index is 2.15. The first kappa shape index (κ1) is 15.5. The molecule has 0 aromatic carbocycles. The van der Waals surface area contributed by atoms with Crippen molar-refractivity contribution in [2.45, 2.75) is 44.8 Å². The van der Waals surface area contributed by atoms with E-state index in [1.807, 2.05) is 0 Å². The zero-order valence-corrected chi connectivity index (χ0v) is 11.4. The zero-order chi connectivity index (χ0) is 15.7. The number of nitrogens with one attached hydrogen (secondary N) is 1. The molecule has 2 unspecified atom stereocenters. The van der Waals surface area contributed by atoms with Gasteiger partial charge in [0.25, 0.3) is 0 Å². The van der Waals surface area contributed by atoms with Crippen molar-refractivity contribution in [3.63, 3.8) is 0 Å². The fourth-order valence-electron chi connectivity index (χ4n) is 2.56. The van der Waals surface area contributed by atoms with Gasteiger partial charge in [-0.25, -0.2) is 0 Å². The minimum atomic E-state index is -4.54. The van der Waals surface area contributed by atoms with Crippen molar-refractivity contribution in [3.8, 4) is 0 Å². The molecule has 0 amide bonds. The number of hydrogen-bond acceptors (Lipinski definition) is 4. The van der Waals surface area contributed by atoms with Crippen molar-refractivity contribution in [1.82, 2.24) is 10.2 Å². The highest BCUT2D eigenvalue weighted by atomic mass is 19.4. The summed E-state index contributed by atoms with van der Waals surface area (Å²) in [5, 5.41) is 18.9. The lowest BCUT2D eigenvalue weighted by atomic mass is 9.71. The number of carboxylic acid groups (broad SMARTS) is 1. The number of halogens is 3. The minimum absolute atomic E-state index is 0.155. The quantitative estimate of drug-likeness (QED) is 0.898. The molecule has 1 aliphatic carbocycles. The molecule has 1 fully saturated rings. The fourth-order valence-corrected chi connectivity index (χ4v) is 2.56. The molecule has 5 nitrogen and oxygen atoms in total. The van der Waals surface area contributed by atoms with Crippen LogP contribution in [0.5, 0.6) is 0 Å². The first-order chi connectivity index (χ1) is 9.73. The summed E-state index contributed by atoms with van der Waals surface area (Å²) in [4.78, 5) is 11.4. The average Bonchev–Trinajstić information content (AvgIpc) is 2.41. The highest BCUT2D eigenvalue weighted by molar-refractivity contribution is 5.76. The van der Waals surface area contributed by atoms with Gasteiger partial charge in [0.2, 0.25) is 0 Å². The second kappa shape index (κ2) is 5.50. The molecule has 116 valence electrons. The van der Waals surface area contributed by atoms with Gasteiger partial charge in [0.1, 0.15) is 5.82 Å². The van der Waals surface area contributed by atoms with Gasteiger partial charge < -0.3 is 10.4 Å². The summed E-state index contributed by atoms with van der Waals surface area (Å²) >= 11 is 0. The van der Waals surface area contributed by atoms with Gasteiger partial charge in [-0.05, 0) is 31.9 Å². The van der Waals surface area contributed by atoms with Crippen LogP contribution < -0.4 is 5.32 Å². The van der Waals surface area contributed by atoms with Gasteiger partial charge in [0.15, 0.2) is 5.69 Å². The number of aromatic nitrogens is 2. The monoisotopic (exact) mass is 303 g/mol. The summed E-state index contributed by atoms with van der Waals surface area (Å²) in [6.45, 7) is 1.64. The van der Waals surface area contributed by atoms with Crippen LogP contribution in [-0.4, -0.2) is 27.3 Å². The largest absolute Gasteiger partial charge is 0.481 e. The summed E-state index contributed by atoms with van der Waals surface area (Å²) in [7, 11) is 0. The molecule has 2 N–H and O–H groups in total. The molecule has 1 saturated carbocycles. The third-order valence-corrected chi connectivity index (χ3v) is 3.97. The van der Waals surface area contributed by atoms with E-state index in [9.17, 15) is 23.1 Å². The van der Waals surface area contributed by atoms with E-state index in [0.29, 0.717) is 12.8 Å². The van der Waals surface area contributed by atoms with E-state index in [1.165, 1.54) is 6.07 Å². The Bertz CT molecular complexity index is 518. The van der Waals surface area contributed by atoms with Crippen LogP contribution in [0.4, 0.5) is 19.0 Å². The lowest BCUT2D eigenvalue weighted by Gasteiger charge is -2.38. The standard InChI is InChI=1S/C13H16F3N3O2/c1-12(11(20)21)7-3-2-4-8(12)17-10-6-5-9(18-19-10)13(14,15)16/h5-6,8H,2-4,7H2,1H3,(H,17,19)(H,20,21). The Morgan fingerprint density at radius 3 is 2.62 bits per heavy atom. The molecule has 2 rings (SSSR count). The number of alkyl halides is 3. The van der Waals surface area contributed by atoms with Gasteiger partial charge in [-0.2, -0.15) is 13.2 Å². The van der Waals surface area contributed by atoms with Crippen LogP contribution in [0.15, 0.2) is 12.1 Å². The van der Waals surface area contributed by atoms with E-state index in [1.54, 1.807) is 6.92 Å². The molecule has 0 bridgehead atoms. The number of nitrogens with zero attached hydrogens (tertiary/aromatic N) is 2. The molecule has 1 heterocycles. The van der Waals surface area contributed by atoms with Crippen molar-refractivity contribution in [3.05, 3.63) is 17.8 Å². The SMILES string of the molecule is CC1(C(=O)O)CCCCC1Nc1ccc(C(F)(F)F)nn1. The third kappa shape index (κ3) is 3.25. The molecule has 0 radical (unpaired) electrons. The highest BCUT2D eigenvalue weighted by Gasteiger charge is 2.43. The van der Waals surface area contributed by atoms with Crippen LogP contribution >= 0.6 is 0 Å². The van der Waals surface area contributed by atoms with Crippen molar-refractivity contribution in [2.75, 3.05) is 5.32 Å². The topological polar surface area (TPSA) is 75.1 Å². The minimum Gasteiger partial charge on any atom is -0.481 e. The number of carbonyl (C=O) groups is 1. The maximum Gasteiger partial charge on any atom is 0.435 e. The molecular formula is C13H16F3N3O2. The Hall–Kier alpha value is -1.86. The van der Waals surface area contributed by atoms with Gasteiger partial charge >= 0.3 is 12.1 Å². The maximum atomic E-state index is 12.4. The molecule has 8 heteroatoms. The van der Waals surface area contributed by atoms with Crippen molar-refractivity contribution in [1.29, 1.82) is 0 Å². The summed E-state index contributed by atoms with van der Waals surface area (Å²) in [5.41, 5.74) is -2.03. The lowest BCUT2D eigenvalue weighted by molar-refractivity contribution is -0.150. The summed E-state index contributed by atoms with van der Waals surface area (Å²) in [6, 6.07) is 1.62. The smallest absolute Gasteiger partial charge is 0.435 e. The Kier molecular flexibility index (Phi) is 4.06. The van der Waals surface area contributed by atoms with E-state index >= 15 is 0 Å². The molecule has 1 aromatic rings. The summed E-state index contributed by atoms with van der Waals surface area (Å²) in [6.07, 6.45) is -1.69. The van der Waals surface area contributed by atoms with E-state index in [0.717, 1.165) is 18.9 Å². The van der Waals surface area contributed by atoms with E-state index in [4.69, 9.17) is 0 Å². The Morgan fingerprint density at radius 1 is 1.38 bits per heavy atom. The lowest BCUT2D eigenvalue weighted by Crippen LogP contribution is -2.46. The zero-order valence-electron chi connectivity index (χ0n) is 11.4. The second-order valence-corrected chi connectivity index (χ2v) is 5.47. The van der Waals surface area contributed by atoms with Crippen LogP contribution in [0.1, 0.15) is 38.3 Å². The first-order valence-corrected chi connectivity index (χ1v) is 6.64. The molecular weight excluding hydrogens is 287 g/mol. The van der Waals surface area contributed by atoms with Gasteiger partial charge in [0, 0.05) is 6.04 Å². The fraction of sp³-hybridized carbons (Fsp3) is 0.615. The molecule has 1 aliphatic rings. The van der Waals surface area contributed by atoms with Crippen molar-refractivity contribution >= 4 is 11.8 Å². The number of anilines is 1. The predicted octanol–water partition coefficient (Wildman–Crippen LogP) is 2.94. The van der Waals surface area contributed by atoms with Gasteiger partial charge in [-0.1, -0.05) is 12.8 Å². The van der Waals surface area contributed by atoms with Gasteiger partial charge in [-0.3, -0.25) is 4.79 Å². The average molecular weight is 303 g/mol. The van der Waals surface area contributed by atoms with E-state index in [2.05, 4.69) is 15.5 Å². The first-order valence-electron chi connectivity index (χ1n) is 6.64. The van der Waals surface area contributed by atoms with Crippen LogP contribution in [0.2, 0.25) is 0 Å². The molecule has 0 saturated heterocycles. The summed E-state index contributed by atoms with van der Waals surface area (Å²) in [5.74, 6) is -0.762. The Labute approximate surface area is 119 Å². The number of aliphatic carboxylic acids is 1. The van der Waals surface area contributed by atoms with Crippen LogP contribution in [0.25, 0.3) is 0 Å². The molecule has 21 heavy (non-hydrogen) atoms. The van der Waals surface area contributed by atoms with Crippen molar-refractivity contribution in [2.24, 2.45) is 5.41 Å². The number of hydrogen-bond donors (Lipinski definition) is 2. The van der Waals surface area contributed by atoms with Gasteiger partial charge in [-0.15, -0.1) is 10.2 Å². The Morgan fingerprint density at radius 2 is 2.10 bits per heavy atom. The second-order valence-electron chi connectivity index (χ2n) is 5.47. The predicted molar refractivity (Wildman–Crippen MR) is 68.7 cm³/mol. The molecule has 0 aliphatic heterocycles. The maximum absolute atomic E-state index is 12.4. The number of carboxylic acids is 1. The molecule has 2 atom stereocenters. The normalized spacial score (nSPS) is 26.4. The third-order valence-electron chi connectivity index (χ3n) is 3.97. The number of rotatable bonds is 3. The molecule has 0 spiro atoms. The van der Waals surface area contributed by atoms with E-state index in [-0.39, 0.29) is 11.9 Å². The molecule has 1 aromatic heterocycles. The highest BCUT2D eigenvalue weighted by Crippen LogP contribution is 2.38. The van der Waals surface area contributed by atoms with Crippen LogP contribution in [0, 0.1) is 5.41 Å². The van der Waals surface area contributed by atoms with Crippen LogP contribution in [-0.2, 0) is 11.0 Å². The van der Waals surface area contributed by atoms with Crippen molar-refractivity contribution < 1.29 is 23.1 Å². The van der Waals surface area contributed by atoms with E-state index < -0.39 is 23.3 Å². The van der Waals surface area contributed by atoms with Crippen LogP contribution in [0.3, 0.4) is 0 Å².